The van der Waals surface area contributed by atoms with Crippen LogP contribution in [0.15, 0.2) is 60.3 Å². The number of nitriles is 1. The molecule has 26 heavy (non-hydrogen) atoms. The number of aromatic amines is 1. The molecular formula is C22H20N4. The number of anilines is 1. The molecule has 4 nitrogen and oxygen atoms in total. The van der Waals surface area contributed by atoms with Crippen molar-refractivity contribution in [3.05, 3.63) is 77.1 Å². The highest BCUT2D eigenvalue weighted by Crippen LogP contribution is 2.31. The molecule has 1 N–H and O–H groups in total. The van der Waals surface area contributed by atoms with Gasteiger partial charge in [-0.15, -0.1) is 0 Å². The highest BCUT2D eigenvalue weighted by Gasteiger charge is 2.17. The Labute approximate surface area is 153 Å². The van der Waals surface area contributed by atoms with Crippen LogP contribution in [-0.4, -0.2) is 23.1 Å². The van der Waals surface area contributed by atoms with Crippen molar-refractivity contribution < 1.29 is 0 Å². The van der Waals surface area contributed by atoms with E-state index in [2.05, 4.69) is 52.2 Å². The van der Waals surface area contributed by atoms with Crippen LogP contribution in [0.1, 0.15) is 23.2 Å². The Kier molecular flexibility index (Phi) is 4.28. The van der Waals surface area contributed by atoms with Gasteiger partial charge in [0, 0.05) is 30.4 Å². The first-order chi connectivity index (χ1) is 12.7. The summed E-state index contributed by atoms with van der Waals surface area (Å²) < 4.78 is 0. The molecule has 3 heterocycles. The molecule has 0 fully saturated rings. The summed E-state index contributed by atoms with van der Waals surface area (Å²) in [5.74, 6) is 0. The lowest BCUT2D eigenvalue weighted by Gasteiger charge is -2.28. The van der Waals surface area contributed by atoms with Gasteiger partial charge in [-0.1, -0.05) is 30.4 Å². The molecule has 0 aliphatic carbocycles. The van der Waals surface area contributed by atoms with E-state index in [1.165, 1.54) is 22.3 Å². The topological polar surface area (TPSA) is 55.7 Å². The quantitative estimate of drug-likeness (QED) is 0.758. The predicted molar refractivity (Wildman–Crippen MR) is 106 cm³/mol. The van der Waals surface area contributed by atoms with Gasteiger partial charge in [-0.2, -0.15) is 5.26 Å². The average molecular weight is 340 g/mol. The average Bonchev–Trinajstić information content (AvgIpc) is 3.03. The summed E-state index contributed by atoms with van der Waals surface area (Å²) in [7, 11) is 0. The fourth-order valence-corrected chi connectivity index (χ4v) is 3.45. The number of nitrogens with zero attached hydrogens (tertiary/aromatic N) is 3. The number of H-pyrrole nitrogens is 1. The van der Waals surface area contributed by atoms with Crippen molar-refractivity contribution in [2.75, 3.05) is 18.0 Å². The van der Waals surface area contributed by atoms with Gasteiger partial charge in [0.05, 0.1) is 17.3 Å². The van der Waals surface area contributed by atoms with E-state index >= 15 is 0 Å². The standard InChI is InChI=1S/C22H20N4/c1-16-21(20-3-2-12-24-22(20)25-16)26-13-10-18(11-14-26)5-4-17-6-8-19(15-23)9-7-17/h2-10,12H,11,13-14H2,1H3,(H,24,25)/b5-4+. The lowest BCUT2D eigenvalue weighted by molar-refractivity contribution is 0.800. The zero-order valence-corrected chi connectivity index (χ0v) is 14.7. The first-order valence-electron chi connectivity index (χ1n) is 8.80. The molecule has 0 atom stereocenters. The van der Waals surface area contributed by atoms with E-state index in [9.17, 15) is 0 Å². The molecule has 0 saturated heterocycles. The number of fused-ring (bicyclic) bond motifs is 1. The molecule has 0 amide bonds. The molecule has 4 heteroatoms. The van der Waals surface area contributed by atoms with Gasteiger partial charge in [-0.3, -0.25) is 0 Å². The fraction of sp³-hybridized carbons (Fsp3) is 0.182. The van der Waals surface area contributed by atoms with Gasteiger partial charge < -0.3 is 9.88 Å². The smallest absolute Gasteiger partial charge is 0.139 e. The van der Waals surface area contributed by atoms with Crippen molar-refractivity contribution in [2.45, 2.75) is 13.3 Å². The number of hydrogen-bond donors (Lipinski definition) is 1. The maximum Gasteiger partial charge on any atom is 0.139 e. The van der Waals surface area contributed by atoms with Crippen molar-refractivity contribution in [3.8, 4) is 6.07 Å². The number of rotatable bonds is 3. The second-order valence-electron chi connectivity index (χ2n) is 6.54. The van der Waals surface area contributed by atoms with Crippen LogP contribution in [0.4, 0.5) is 5.69 Å². The molecule has 4 rings (SSSR count). The van der Waals surface area contributed by atoms with Gasteiger partial charge in [0.1, 0.15) is 5.65 Å². The summed E-state index contributed by atoms with van der Waals surface area (Å²) in [6.45, 7) is 4.00. The third kappa shape index (κ3) is 3.12. The zero-order chi connectivity index (χ0) is 17.9. The molecule has 128 valence electrons. The molecule has 1 aliphatic heterocycles. The van der Waals surface area contributed by atoms with Crippen LogP contribution < -0.4 is 4.90 Å². The first kappa shape index (κ1) is 16.2. The van der Waals surface area contributed by atoms with Crippen molar-refractivity contribution in [2.24, 2.45) is 0 Å². The van der Waals surface area contributed by atoms with Crippen LogP contribution in [0.3, 0.4) is 0 Å². The zero-order valence-electron chi connectivity index (χ0n) is 14.7. The minimum absolute atomic E-state index is 0.693. The molecule has 1 aromatic carbocycles. The number of benzene rings is 1. The van der Waals surface area contributed by atoms with Crippen LogP contribution >= 0.6 is 0 Å². The van der Waals surface area contributed by atoms with E-state index in [0.717, 1.165) is 30.7 Å². The Balaban J connectivity index is 1.50. The van der Waals surface area contributed by atoms with Crippen molar-refractivity contribution in [1.82, 2.24) is 9.97 Å². The number of hydrogen-bond acceptors (Lipinski definition) is 3. The predicted octanol–water partition coefficient (Wildman–Crippen LogP) is 4.59. The van der Waals surface area contributed by atoms with Crippen LogP contribution in [0, 0.1) is 18.3 Å². The maximum atomic E-state index is 8.86. The summed E-state index contributed by atoms with van der Waals surface area (Å²) >= 11 is 0. The monoisotopic (exact) mass is 340 g/mol. The molecule has 0 bridgehead atoms. The van der Waals surface area contributed by atoms with Gasteiger partial charge in [0.25, 0.3) is 0 Å². The Morgan fingerprint density at radius 3 is 2.77 bits per heavy atom. The summed E-state index contributed by atoms with van der Waals surface area (Å²) in [6.07, 6.45) is 9.42. The summed E-state index contributed by atoms with van der Waals surface area (Å²) in [5, 5.41) is 10.1. The molecule has 0 unspecified atom stereocenters. The Morgan fingerprint density at radius 2 is 2.04 bits per heavy atom. The summed E-state index contributed by atoms with van der Waals surface area (Å²) in [5.41, 5.74) is 6.55. The first-order valence-corrected chi connectivity index (χ1v) is 8.80. The normalized spacial score (nSPS) is 14.6. The highest BCUT2D eigenvalue weighted by atomic mass is 15.1. The van der Waals surface area contributed by atoms with Crippen LogP contribution in [0.2, 0.25) is 0 Å². The van der Waals surface area contributed by atoms with Crippen molar-refractivity contribution >= 4 is 22.8 Å². The molecule has 0 spiro atoms. The lowest BCUT2D eigenvalue weighted by atomic mass is 10.0. The van der Waals surface area contributed by atoms with Gasteiger partial charge in [0.2, 0.25) is 0 Å². The van der Waals surface area contributed by atoms with Crippen molar-refractivity contribution in [3.63, 3.8) is 0 Å². The number of allylic oxidation sites excluding steroid dienone is 1. The fourth-order valence-electron chi connectivity index (χ4n) is 3.45. The molecule has 3 aromatic rings. The summed E-state index contributed by atoms with van der Waals surface area (Å²) in [4.78, 5) is 10.2. The maximum absolute atomic E-state index is 8.86. The van der Waals surface area contributed by atoms with E-state index < -0.39 is 0 Å². The molecule has 1 aliphatic rings. The SMILES string of the molecule is Cc1[nH]c2ncccc2c1N1CC=C(/C=C/c2ccc(C#N)cc2)CC1. The minimum Gasteiger partial charge on any atom is -0.365 e. The largest absolute Gasteiger partial charge is 0.365 e. The third-order valence-electron chi connectivity index (χ3n) is 4.81. The van der Waals surface area contributed by atoms with E-state index in [1.54, 1.807) is 0 Å². The van der Waals surface area contributed by atoms with Gasteiger partial charge in [0.15, 0.2) is 0 Å². The van der Waals surface area contributed by atoms with Crippen LogP contribution in [-0.2, 0) is 0 Å². The van der Waals surface area contributed by atoms with E-state index in [4.69, 9.17) is 5.26 Å². The highest BCUT2D eigenvalue weighted by molar-refractivity contribution is 5.92. The van der Waals surface area contributed by atoms with Gasteiger partial charge in [-0.05, 0) is 48.7 Å². The van der Waals surface area contributed by atoms with E-state index in [1.807, 2.05) is 36.5 Å². The third-order valence-corrected chi connectivity index (χ3v) is 4.81. The van der Waals surface area contributed by atoms with Crippen LogP contribution in [0.5, 0.6) is 0 Å². The van der Waals surface area contributed by atoms with Crippen molar-refractivity contribution in [1.29, 1.82) is 5.26 Å². The number of pyridine rings is 1. The molecular weight excluding hydrogens is 320 g/mol. The Morgan fingerprint density at radius 1 is 1.19 bits per heavy atom. The number of nitrogens with one attached hydrogen (secondary N) is 1. The van der Waals surface area contributed by atoms with E-state index in [-0.39, 0.29) is 0 Å². The minimum atomic E-state index is 0.693. The second-order valence-corrected chi connectivity index (χ2v) is 6.54. The lowest BCUT2D eigenvalue weighted by Crippen LogP contribution is -2.28. The number of aromatic nitrogens is 2. The molecule has 0 saturated carbocycles. The number of aryl methyl sites for hydroxylation is 1. The van der Waals surface area contributed by atoms with Gasteiger partial charge >= 0.3 is 0 Å². The molecule has 0 radical (unpaired) electrons. The van der Waals surface area contributed by atoms with E-state index in [0.29, 0.717) is 5.56 Å². The summed E-state index contributed by atoms with van der Waals surface area (Å²) in [6, 6.07) is 13.9. The second kappa shape index (κ2) is 6.89. The van der Waals surface area contributed by atoms with Gasteiger partial charge in [-0.25, -0.2) is 4.98 Å². The van der Waals surface area contributed by atoms with Crippen LogP contribution in [0.25, 0.3) is 17.1 Å². The Hall–Kier alpha value is -3.32. The molecule has 2 aromatic heterocycles. The Bertz CT molecular complexity index is 1030.